The van der Waals surface area contributed by atoms with Crippen LogP contribution in [0.5, 0.6) is 5.75 Å². The van der Waals surface area contributed by atoms with Gasteiger partial charge in [0.2, 0.25) is 0 Å². The molecular formula is C21H24N6O4. The molecule has 0 bridgehead atoms. The van der Waals surface area contributed by atoms with Crippen LogP contribution in [0.1, 0.15) is 26.7 Å². The van der Waals surface area contributed by atoms with Crippen molar-refractivity contribution in [3.05, 3.63) is 53.5 Å². The van der Waals surface area contributed by atoms with Gasteiger partial charge in [0.25, 0.3) is 11.8 Å². The molecule has 0 saturated carbocycles. The Bertz CT molecular complexity index is 1070. The van der Waals surface area contributed by atoms with Gasteiger partial charge in [-0.2, -0.15) is 10.2 Å². The molecule has 1 atom stereocenters. The predicted molar refractivity (Wildman–Crippen MR) is 112 cm³/mol. The third kappa shape index (κ3) is 4.58. The monoisotopic (exact) mass is 424 g/mol. The Hall–Kier alpha value is -3.66. The lowest BCUT2D eigenvalue weighted by atomic mass is 10.1. The highest BCUT2D eigenvalue weighted by molar-refractivity contribution is 5.94. The molecule has 1 aromatic carbocycles. The van der Waals surface area contributed by atoms with Crippen LogP contribution in [0, 0.1) is 0 Å². The summed E-state index contributed by atoms with van der Waals surface area (Å²) in [4.78, 5) is 24.7. The minimum absolute atomic E-state index is 0.107. The molecule has 10 nitrogen and oxygen atoms in total. The maximum atomic E-state index is 12.7. The van der Waals surface area contributed by atoms with Crippen LogP contribution in [0.25, 0.3) is 11.3 Å². The van der Waals surface area contributed by atoms with Crippen LogP contribution in [0.4, 0.5) is 0 Å². The number of hydrogen-bond acceptors (Lipinski definition) is 6. The minimum atomic E-state index is -0.241. The predicted octanol–water partition coefficient (Wildman–Crippen LogP) is 1.01. The summed E-state index contributed by atoms with van der Waals surface area (Å²) in [5, 5.41) is 17.1. The van der Waals surface area contributed by atoms with E-state index in [2.05, 4.69) is 25.9 Å². The van der Waals surface area contributed by atoms with Crippen LogP contribution in [-0.4, -0.2) is 65.2 Å². The molecule has 4 rings (SSSR count). The summed E-state index contributed by atoms with van der Waals surface area (Å²) in [6, 6.07) is 10.8. The molecule has 3 aromatic rings. The number of benzene rings is 1. The summed E-state index contributed by atoms with van der Waals surface area (Å²) in [5.74, 6) is 0.246. The van der Waals surface area contributed by atoms with E-state index in [1.54, 1.807) is 31.0 Å². The number of carbonyl (C=O) groups excluding carboxylic acids is 2. The normalized spacial score (nSPS) is 14.8. The second kappa shape index (κ2) is 9.00. The van der Waals surface area contributed by atoms with Gasteiger partial charge in [0, 0.05) is 31.3 Å². The molecule has 0 fully saturated rings. The van der Waals surface area contributed by atoms with E-state index >= 15 is 0 Å². The van der Waals surface area contributed by atoms with Gasteiger partial charge in [-0.15, -0.1) is 0 Å². The lowest BCUT2D eigenvalue weighted by Crippen LogP contribution is -2.36. The minimum Gasteiger partial charge on any atom is -0.497 e. The zero-order valence-corrected chi connectivity index (χ0v) is 17.3. The molecule has 31 heavy (non-hydrogen) atoms. The number of nitrogens with zero attached hydrogens (tertiary/aromatic N) is 3. The number of fused-ring (bicyclic) bond motifs is 1. The fraction of sp³-hybridized carbons (Fsp3) is 0.333. The van der Waals surface area contributed by atoms with Gasteiger partial charge < -0.3 is 20.1 Å². The molecule has 3 heterocycles. The van der Waals surface area contributed by atoms with E-state index in [1.165, 1.54) is 0 Å². The van der Waals surface area contributed by atoms with Crippen LogP contribution >= 0.6 is 0 Å². The number of ether oxygens (including phenoxy) is 2. The van der Waals surface area contributed by atoms with E-state index in [9.17, 15) is 9.59 Å². The van der Waals surface area contributed by atoms with Crippen LogP contribution in [0.2, 0.25) is 0 Å². The number of aromatic nitrogens is 4. The lowest BCUT2D eigenvalue weighted by Gasteiger charge is -2.10. The van der Waals surface area contributed by atoms with Crippen molar-refractivity contribution in [2.24, 2.45) is 0 Å². The van der Waals surface area contributed by atoms with E-state index in [0.717, 1.165) is 17.0 Å². The third-order valence-electron chi connectivity index (χ3n) is 5.06. The first-order valence-corrected chi connectivity index (χ1v) is 9.92. The summed E-state index contributed by atoms with van der Waals surface area (Å²) in [6.45, 7) is 1.38. The van der Waals surface area contributed by atoms with Crippen molar-refractivity contribution in [2.45, 2.75) is 19.0 Å². The van der Waals surface area contributed by atoms with Gasteiger partial charge in [0.1, 0.15) is 17.1 Å². The first-order chi connectivity index (χ1) is 15.1. The molecule has 0 radical (unpaired) electrons. The molecule has 1 aliphatic heterocycles. The van der Waals surface area contributed by atoms with E-state index < -0.39 is 0 Å². The Kier molecular flexibility index (Phi) is 5.99. The van der Waals surface area contributed by atoms with E-state index in [0.29, 0.717) is 43.2 Å². The molecule has 0 saturated heterocycles. The number of methoxy groups -OCH3 is 2. The van der Waals surface area contributed by atoms with Crippen molar-refractivity contribution in [1.29, 1.82) is 0 Å². The number of carbonyl (C=O) groups is 2. The summed E-state index contributed by atoms with van der Waals surface area (Å²) < 4.78 is 11.9. The molecule has 1 aliphatic rings. The second-order valence-electron chi connectivity index (χ2n) is 7.23. The van der Waals surface area contributed by atoms with Crippen LogP contribution in [0.3, 0.4) is 0 Å². The third-order valence-corrected chi connectivity index (χ3v) is 5.06. The van der Waals surface area contributed by atoms with Crippen molar-refractivity contribution in [1.82, 2.24) is 30.6 Å². The summed E-state index contributed by atoms with van der Waals surface area (Å²) >= 11 is 0. The topological polar surface area (TPSA) is 123 Å². The fourth-order valence-corrected chi connectivity index (χ4v) is 3.50. The van der Waals surface area contributed by atoms with Crippen molar-refractivity contribution >= 4 is 11.8 Å². The highest BCUT2D eigenvalue weighted by atomic mass is 16.5. The molecule has 162 valence electrons. The van der Waals surface area contributed by atoms with Gasteiger partial charge in [0.15, 0.2) is 0 Å². The SMILES string of the molecule is COCCNC(=O)c1cc2n(n1)C[C@@H](NC(=O)c1cc(-c3cccc(OC)c3)n[nH]1)C2. The van der Waals surface area contributed by atoms with E-state index in [4.69, 9.17) is 9.47 Å². The van der Waals surface area contributed by atoms with Gasteiger partial charge in [-0.25, -0.2) is 0 Å². The summed E-state index contributed by atoms with van der Waals surface area (Å²) in [5.41, 5.74) is 3.16. The van der Waals surface area contributed by atoms with Gasteiger partial charge >= 0.3 is 0 Å². The Labute approximate surface area is 178 Å². The average Bonchev–Trinajstić information content (AvgIpc) is 3.49. The van der Waals surface area contributed by atoms with E-state index in [1.807, 2.05) is 24.3 Å². The van der Waals surface area contributed by atoms with Crippen LogP contribution < -0.4 is 15.4 Å². The number of amides is 2. The first-order valence-electron chi connectivity index (χ1n) is 9.92. The molecule has 10 heteroatoms. The Morgan fingerprint density at radius 1 is 1.23 bits per heavy atom. The lowest BCUT2D eigenvalue weighted by molar-refractivity contribution is 0.0919. The van der Waals surface area contributed by atoms with Gasteiger partial charge in [-0.3, -0.25) is 19.4 Å². The number of H-pyrrole nitrogens is 1. The first kappa shape index (κ1) is 20.6. The molecule has 2 amide bonds. The second-order valence-corrected chi connectivity index (χ2v) is 7.23. The Morgan fingerprint density at radius 3 is 2.87 bits per heavy atom. The average molecular weight is 424 g/mol. The quantitative estimate of drug-likeness (QED) is 0.464. The Balaban J connectivity index is 1.35. The summed E-state index contributed by atoms with van der Waals surface area (Å²) in [6.07, 6.45) is 0.598. The molecular weight excluding hydrogens is 400 g/mol. The fourth-order valence-electron chi connectivity index (χ4n) is 3.50. The molecule has 0 unspecified atom stereocenters. The molecule has 3 N–H and O–H groups in total. The van der Waals surface area contributed by atoms with Gasteiger partial charge in [-0.1, -0.05) is 12.1 Å². The molecule has 0 aliphatic carbocycles. The maximum absolute atomic E-state index is 12.7. The zero-order valence-electron chi connectivity index (χ0n) is 17.3. The van der Waals surface area contributed by atoms with Crippen molar-refractivity contribution in [3.63, 3.8) is 0 Å². The highest BCUT2D eigenvalue weighted by Gasteiger charge is 2.27. The molecule has 0 spiro atoms. The van der Waals surface area contributed by atoms with E-state index in [-0.39, 0.29) is 17.9 Å². The zero-order chi connectivity index (χ0) is 21.8. The van der Waals surface area contributed by atoms with Crippen molar-refractivity contribution in [2.75, 3.05) is 27.4 Å². The Morgan fingerprint density at radius 2 is 2.10 bits per heavy atom. The maximum Gasteiger partial charge on any atom is 0.271 e. The largest absolute Gasteiger partial charge is 0.497 e. The van der Waals surface area contributed by atoms with Crippen LogP contribution in [-0.2, 0) is 17.7 Å². The van der Waals surface area contributed by atoms with Gasteiger partial charge in [0.05, 0.1) is 32.0 Å². The highest BCUT2D eigenvalue weighted by Crippen LogP contribution is 2.23. The number of hydrogen-bond donors (Lipinski definition) is 3. The van der Waals surface area contributed by atoms with Crippen molar-refractivity contribution < 1.29 is 19.1 Å². The molecule has 2 aromatic heterocycles. The van der Waals surface area contributed by atoms with Gasteiger partial charge in [-0.05, 0) is 24.3 Å². The number of nitrogens with one attached hydrogen (secondary N) is 3. The number of rotatable bonds is 8. The standard InChI is InChI=1S/C21H24N6O4/c1-30-7-6-22-20(28)19-10-15-9-14(12-27(15)26-19)23-21(29)18-11-17(24-25-18)13-4-3-5-16(8-13)31-2/h3-5,8,10-11,14H,6-7,9,12H2,1-2H3,(H,22,28)(H,23,29)(H,24,25)/t14-/m0/s1. The number of aromatic amines is 1. The van der Waals surface area contributed by atoms with Crippen molar-refractivity contribution in [3.8, 4) is 17.0 Å². The van der Waals surface area contributed by atoms with Crippen LogP contribution in [0.15, 0.2) is 36.4 Å². The smallest absolute Gasteiger partial charge is 0.271 e. The summed E-state index contributed by atoms with van der Waals surface area (Å²) in [7, 11) is 3.18.